The molecule has 2 rings (SSSR count). The highest BCUT2D eigenvalue weighted by Gasteiger charge is 2.08. The molecule has 1 heterocycles. The number of oxime groups is 1. The molecule has 0 aliphatic heterocycles. The Morgan fingerprint density at radius 3 is 2.71 bits per heavy atom. The zero-order valence-electron chi connectivity index (χ0n) is 11.1. The van der Waals surface area contributed by atoms with E-state index in [1.165, 1.54) is 18.3 Å². The van der Waals surface area contributed by atoms with E-state index in [1.807, 2.05) is 0 Å². The summed E-state index contributed by atoms with van der Waals surface area (Å²) in [5, 5.41) is 14.6. The van der Waals surface area contributed by atoms with Gasteiger partial charge in [-0.2, -0.15) is 0 Å². The van der Waals surface area contributed by atoms with Gasteiger partial charge >= 0.3 is 0 Å². The minimum absolute atomic E-state index is 0.0969. The topological polar surface area (TPSA) is 83.5 Å². The van der Waals surface area contributed by atoms with Crippen LogP contribution in [-0.2, 0) is 13.1 Å². The van der Waals surface area contributed by atoms with E-state index >= 15 is 0 Å². The summed E-state index contributed by atoms with van der Waals surface area (Å²) in [4.78, 5) is 4.02. The molecule has 5 nitrogen and oxygen atoms in total. The molecular weight excluding hydrogens is 278 g/mol. The number of aromatic nitrogens is 1. The van der Waals surface area contributed by atoms with Crippen LogP contribution in [0.3, 0.4) is 0 Å². The van der Waals surface area contributed by atoms with Crippen molar-refractivity contribution in [1.29, 1.82) is 0 Å². The number of hydrogen-bond acceptors (Lipinski definition) is 4. The van der Waals surface area contributed by atoms with E-state index in [1.54, 1.807) is 12.1 Å². The van der Waals surface area contributed by atoms with Gasteiger partial charge in [0.05, 0.1) is 0 Å². The van der Waals surface area contributed by atoms with Gasteiger partial charge < -0.3 is 16.3 Å². The Hall–Kier alpha value is -2.54. The SMILES string of the molecule is NC(=NO)c1ncccc1CNCc1ccc(F)cc1F. The minimum atomic E-state index is -0.613. The van der Waals surface area contributed by atoms with Crippen LogP contribution < -0.4 is 11.1 Å². The van der Waals surface area contributed by atoms with Gasteiger partial charge in [-0.1, -0.05) is 17.3 Å². The third kappa shape index (κ3) is 3.73. The second kappa shape index (κ2) is 6.76. The van der Waals surface area contributed by atoms with Crippen molar-refractivity contribution in [2.75, 3.05) is 0 Å². The third-order valence-corrected chi connectivity index (χ3v) is 2.89. The first-order chi connectivity index (χ1) is 10.1. The monoisotopic (exact) mass is 292 g/mol. The average Bonchev–Trinajstić information content (AvgIpc) is 2.49. The molecule has 1 aromatic heterocycles. The molecular formula is C14H14F2N4O. The van der Waals surface area contributed by atoms with Gasteiger partial charge in [-0.05, 0) is 17.7 Å². The number of hydrogen-bond donors (Lipinski definition) is 3. The van der Waals surface area contributed by atoms with Gasteiger partial charge in [0.15, 0.2) is 5.84 Å². The molecule has 21 heavy (non-hydrogen) atoms. The van der Waals surface area contributed by atoms with E-state index in [0.29, 0.717) is 23.4 Å². The highest BCUT2D eigenvalue weighted by Crippen LogP contribution is 2.10. The van der Waals surface area contributed by atoms with Gasteiger partial charge in [0.2, 0.25) is 0 Å². The lowest BCUT2D eigenvalue weighted by molar-refractivity contribution is 0.318. The molecule has 0 radical (unpaired) electrons. The predicted octanol–water partition coefficient (Wildman–Crippen LogP) is 1.74. The largest absolute Gasteiger partial charge is 0.409 e. The van der Waals surface area contributed by atoms with Crippen LogP contribution in [0.2, 0.25) is 0 Å². The van der Waals surface area contributed by atoms with Crippen LogP contribution in [-0.4, -0.2) is 16.0 Å². The highest BCUT2D eigenvalue weighted by atomic mass is 19.1. The van der Waals surface area contributed by atoms with E-state index < -0.39 is 11.6 Å². The van der Waals surface area contributed by atoms with Gasteiger partial charge in [-0.25, -0.2) is 8.78 Å². The molecule has 0 amide bonds. The molecule has 7 heteroatoms. The molecule has 0 saturated heterocycles. The minimum Gasteiger partial charge on any atom is -0.409 e. The van der Waals surface area contributed by atoms with Gasteiger partial charge in [-0.3, -0.25) is 4.98 Å². The summed E-state index contributed by atoms with van der Waals surface area (Å²) in [6.07, 6.45) is 1.52. The fourth-order valence-electron chi connectivity index (χ4n) is 1.86. The molecule has 0 aliphatic rings. The van der Waals surface area contributed by atoms with Crippen LogP contribution in [0.15, 0.2) is 41.7 Å². The molecule has 0 saturated carbocycles. The molecule has 0 spiro atoms. The smallest absolute Gasteiger partial charge is 0.189 e. The van der Waals surface area contributed by atoms with E-state index in [4.69, 9.17) is 10.9 Å². The van der Waals surface area contributed by atoms with Crippen molar-refractivity contribution in [1.82, 2.24) is 10.3 Å². The van der Waals surface area contributed by atoms with Gasteiger partial charge in [-0.15, -0.1) is 0 Å². The van der Waals surface area contributed by atoms with Gasteiger partial charge in [0, 0.05) is 30.9 Å². The summed E-state index contributed by atoms with van der Waals surface area (Å²) < 4.78 is 26.3. The first kappa shape index (κ1) is 14.9. The fraction of sp³-hybridized carbons (Fsp3) is 0.143. The zero-order valence-corrected chi connectivity index (χ0v) is 11.1. The quantitative estimate of drug-likeness (QED) is 0.339. The van der Waals surface area contributed by atoms with E-state index in [2.05, 4.69) is 15.5 Å². The molecule has 0 aliphatic carbocycles. The molecule has 110 valence electrons. The first-order valence-electron chi connectivity index (χ1n) is 6.18. The summed E-state index contributed by atoms with van der Waals surface area (Å²) in [5.74, 6) is -1.32. The number of nitrogens with two attached hydrogens (primary N) is 1. The van der Waals surface area contributed by atoms with Crippen molar-refractivity contribution < 1.29 is 14.0 Å². The fourth-order valence-corrected chi connectivity index (χ4v) is 1.86. The van der Waals surface area contributed by atoms with Crippen molar-refractivity contribution in [3.8, 4) is 0 Å². The molecule has 1 aromatic carbocycles. The van der Waals surface area contributed by atoms with Crippen LogP contribution in [0.1, 0.15) is 16.8 Å². The van der Waals surface area contributed by atoms with Crippen molar-refractivity contribution >= 4 is 5.84 Å². The average molecular weight is 292 g/mol. The molecule has 0 fully saturated rings. The summed E-state index contributed by atoms with van der Waals surface area (Å²) in [5.41, 5.74) is 6.94. The lowest BCUT2D eigenvalue weighted by Crippen LogP contribution is -2.21. The third-order valence-electron chi connectivity index (χ3n) is 2.89. The lowest BCUT2D eigenvalue weighted by Gasteiger charge is -2.09. The van der Waals surface area contributed by atoms with E-state index in [-0.39, 0.29) is 12.4 Å². The number of nitrogens with one attached hydrogen (secondary N) is 1. The Bertz CT molecular complexity index is 661. The Labute approximate surface area is 120 Å². The molecule has 4 N–H and O–H groups in total. The first-order valence-corrected chi connectivity index (χ1v) is 6.18. The lowest BCUT2D eigenvalue weighted by atomic mass is 10.1. The van der Waals surface area contributed by atoms with Gasteiger partial charge in [0.25, 0.3) is 0 Å². The Morgan fingerprint density at radius 1 is 1.24 bits per heavy atom. The van der Waals surface area contributed by atoms with Crippen LogP contribution in [0.5, 0.6) is 0 Å². The number of amidine groups is 1. The Kier molecular flexibility index (Phi) is 4.78. The maximum absolute atomic E-state index is 13.5. The maximum atomic E-state index is 13.5. The van der Waals surface area contributed by atoms with Crippen LogP contribution >= 0.6 is 0 Å². The number of halogens is 2. The standard InChI is InChI=1S/C14H14F2N4O/c15-11-4-3-9(12(16)6-11)7-18-8-10-2-1-5-19-13(10)14(17)20-21/h1-6,18,21H,7-8H2,(H2,17,20). The second-order valence-corrected chi connectivity index (χ2v) is 4.34. The summed E-state index contributed by atoms with van der Waals surface area (Å²) in [7, 11) is 0. The van der Waals surface area contributed by atoms with Gasteiger partial charge in [0.1, 0.15) is 17.3 Å². The molecule has 2 aromatic rings. The predicted molar refractivity (Wildman–Crippen MR) is 73.6 cm³/mol. The summed E-state index contributed by atoms with van der Waals surface area (Å²) >= 11 is 0. The number of pyridine rings is 1. The van der Waals surface area contributed by atoms with E-state index in [9.17, 15) is 8.78 Å². The van der Waals surface area contributed by atoms with Crippen LogP contribution in [0.25, 0.3) is 0 Å². The summed E-state index contributed by atoms with van der Waals surface area (Å²) in [6.45, 7) is 0.562. The normalized spacial score (nSPS) is 11.6. The zero-order chi connectivity index (χ0) is 15.2. The Balaban J connectivity index is 2.04. The summed E-state index contributed by atoms with van der Waals surface area (Å²) in [6, 6.07) is 6.89. The molecule has 0 atom stereocenters. The highest BCUT2D eigenvalue weighted by molar-refractivity contribution is 5.96. The Morgan fingerprint density at radius 2 is 2.00 bits per heavy atom. The van der Waals surface area contributed by atoms with Crippen LogP contribution in [0.4, 0.5) is 8.78 Å². The van der Waals surface area contributed by atoms with Crippen molar-refractivity contribution in [2.45, 2.75) is 13.1 Å². The molecule has 0 unspecified atom stereocenters. The molecule has 0 bridgehead atoms. The van der Waals surface area contributed by atoms with Crippen molar-refractivity contribution in [3.05, 3.63) is 65.0 Å². The number of benzene rings is 1. The van der Waals surface area contributed by atoms with Crippen molar-refractivity contribution in [2.24, 2.45) is 10.9 Å². The van der Waals surface area contributed by atoms with E-state index in [0.717, 1.165) is 6.07 Å². The van der Waals surface area contributed by atoms with Crippen LogP contribution in [0, 0.1) is 11.6 Å². The number of rotatable bonds is 5. The van der Waals surface area contributed by atoms with Crippen molar-refractivity contribution in [3.63, 3.8) is 0 Å². The number of nitrogens with zero attached hydrogens (tertiary/aromatic N) is 2. The maximum Gasteiger partial charge on any atom is 0.189 e. The second-order valence-electron chi connectivity index (χ2n) is 4.34.